The number of ether oxygens (including phenoxy) is 2. The zero-order valence-corrected chi connectivity index (χ0v) is 24.8. The summed E-state index contributed by atoms with van der Waals surface area (Å²) in [5.74, 6) is 0.188. The predicted octanol–water partition coefficient (Wildman–Crippen LogP) is 4.85. The third-order valence-electron chi connectivity index (χ3n) is 7.82. The highest BCUT2D eigenvalue weighted by atomic mass is 32.1. The van der Waals surface area contributed by atoms with Gasteiger partial charge in [-0.05, 0) is 73.7 Å². The number of aryl methyl sites for hydroxylation is 1. The summed E-state index contributed by atoms with van der Waals surface area (Å²) < 4.78 is 13.1. The molecule has 0 unspecified atom stereocenters. The van der Waals surface area contributed by atoms with Crippen LogP contribution in [-0.4, -0.2) is 37.3 Å². The van der Waals surface area contributed by atoms with Gasteiger partial charge in [0.05, 0.1) is 35.6 Å². The molecule has 3 heterocycles. The van der Waals surface area contributed by atoms with E-state index in [1.54, 1.807) is 18.6 Å². The molecule has 0 amide bonds. The molecule has 0 bridgehead atoms. The number of anilines is 1. The lowest BCUT2D eigenvalue weighted by molar-refractivity contribution is -0.138. The molecule has 8 heteroatoms. The zero-order chi connectivity index (χ0) is 29.2. The smallest absolute Gasteiger partial charge is 0.338 e. The van der Waals surface area contributed by atoms with Gasteiger partial charge in [0.15, 0.2) is 4.80 Å². The van der Waals surface area contributed by atoms with E-state index in [1.165, 1.54) is 29.9 Å². The Morgan fingerprint density at radius 2 is 1.79 bits per heavy atom. The second-order valence-electron chi connectivity index (χ2n) is 10.4. The van der Waals surface area contributed by atoms with Crippen LogP contribution in [0.25, 0.3) is 11.8 Å². The monoisotopic (exact) mass is 579 g/mol. The van der Waals surface area contributed by atoms with E-state index < -0.39 is 12.0 Å². The summed E-state index contributed by atoms with van der Waals surface area (Å²) in [6, 6.07) is 22.7. The number of carbonyl (C=O) groups is 1. The van der Waals surface area contributed by atoms with E-state index in [-0.39, 0.29) is 12.2 Å². The highest BCUT2D eigenvalue weighted by Gasteiger charge is 2.35. The summed E-state index contributed by atoms with van der Waals surface area (Å²) in [6.07, 6.45) is 4.38. The molecule has 2 aliphatic heterocycles. The van der Waals surface area contributed by atoms with Crippen molar-refractivity contribution in [3.8, 4) is 5.75 Å². The maximum atomic E-state index is 14.2. The number of thiazole rings is 1. The Bertz CT molecular complexity index is 1830. The zero-order valence-electron chi connectivity index (χ0n) is 24.0. The molecule has 1 atom stereocenters. The van der Waals surface area contributed by atoms with Gasteiger partial charge in [-0.25, -0.2) is 9.79 Å². The molecule has 4 aromatic rings. The molecule has 0 saturated carbocycles. The highest BCUT2D eigenvalue weighted by Crippen LogP contribution is 2.35. The second kappa shape index (κ2) is 11.8. The molecule has 0 spiro atoms. The van der Waals surface area contributed by atoms with E-state index >= 15 is 0 Å². The molecule has 214 valence electrons. The number of hydrogen-bond acceptors (Lipinski definition) is 7. The third kappa shape index (κ3) is 5.18. The first-order chi connectivity index (χ1) is 20.5. The minimum Gasteiger partial charge on any atom is -0.497 e. The molecule has 2 aliphatic rings. The minimum absolute atomic E-state index is 0.198. The average Bonchev–Trinajstić information content (AvgIpc) is 3.66. The van der Waals surface area contributed by atoms with Crippen LogP contribution < -0.4 is 24.5 Å². The van der Waals surface area contributed by atoms with Crippen LogP contribution in [0, 0.1) is 6.92 Å². The molecule has 6 rings (SSSR count). The van der Waals surface area contributed by atoms with Crippen LogP contribution in [0.1, 0.15) is 48.1 Å². The summed E-state index contributed by atoms with van der Waals surface area (Å²) in [4.78, 5) is 35.6. The number of fused-ring (bicyclic) bond motifs is 1. The fourth-order valence-corrected chi connectivity index (χ4v) is 6.67. The highest BCUT2D eigenvalue weighted by molar-refractivity contribution is 7.07. The average molecular weight is 580 g/mol. The SMILES string of the molecule is CCOC(=O)C1=C(c2ccccc2)N=c2s/c(=C/c3ccc(N4CCCC4)cc3C)c(=O)n2[C@@H]1c1ccc(OC)cc1. The summed E-state index contributed by atoms with van der Waals surface area (Å²) in [5.41, 5.74) is 5.50. The van der Waals surface area contributed by atoms with E-state index in [2.05, 4.69) is 30.0 Å². The van der Waals surface area contributed by atoms with Gasteiger partial charge >= 0.3 is 5.97 Å². The Morgan fingerprint density at radius 1 is 1.05 bits per heavy atom. The number of hydrogen-bond donors (Lipinski definition) is 0. The molecule has 42 heavy (non-hydrogen) atoms. The second-order valence-corrected chi connectivity index (χ2v) is 11.4. The largest absolute Gasteiger partial charge is 0.497 e. The number of benzene rings is 3. The van der Waals surface area contributed by atoms with Crippen LogP contribution in [0.4, 0.5) is 5.69 Å². The van der Waals surface area contributed by atoms with Crippen LogP contribution in [0.2, 0.25) is 0 Å². The van der Waals surface area contributed by atoms with Crippen molar-refractivity contribution in [2.45, 2.75) is 32.7 Å². The van der Waals surface area contributed by atoms with Gasteiger partial charge in [0.25, 0.3) is 5.56 Å². The maximum absolute atomic E-state index is 14.2. The topological polar surface area (TPSA) is 73.1 Å². The molecule has 3 aromatic carbocycles. The summed E-state index contributed by atoms with van der Waals surface area (Å²) in [5, 5.41) is 0. The molecule has 1 aromatic heterocycles. The van der Waals surface area contributed by atoms with Crippen molar-refractivity contribution in [1.29, 1.82) is 0 Å². The Morgan fingerprint density at radius 3 is 2.45 bits per heavy atom. The van der Waals surface area contributed by atoms with E-state index in [0.29, 0.717) is 26.4 Å². The Balaban J connectivity index is 1.56. The van der Waals surface area contributed by atoms with Gasteiger partial charge in [0.2, 0.25) is 0 Å². The van der Waals surface area contributed by atoms with Crippen LogP contribution in [0.5, 0.6) is 5.75 Å². The van der Waals surface area contributed by atoms with Crippen LogP contribution in [0.15, 0.2) is 88.2 Å². The Hall–Kier alpha value is -4.43. The molecule has 0 aliphatic carbocycles. The molecular formula is C34H33N3O4S. The maximum Gasteiger partial charge on any atom is 0.338 e. The Kier molecular flexibility index (Phi) is 7.80. The number of rotatable bonds is 7. The summed E-state index contributed by atoms with van der Waals surface area (Å²) in [6.45, 7) is 6.21. The quantitative estimate of drug-likeness (QED) is 0.293. The van der Waals surface area contributed by atoms with Crippen molar-refractivity contribution in [2.24, 2.45) is 4.99 Å². The van der Waals surface area contributed by atoms with Gasteiger partial charge in [0.1, 0.15) is 5.75 Å². The van der Waals surface area contributed by atoms with Crippen LogP contribution in [-0.2, 0) is 9.53 Å². The van der Waals surface area contributed by atoms with Gasteiger partial charge in [-0.15, -0.1) is 0 Å². The van der Waals surface area contributed by atoms with Gasteiger partial charge in [-0.2, -0.15) is 0 Å². The molecule has 1 saturated heterocycles. The van der Waals surface area contributed by atoms with E-state index in [1.807, 2.05) is 60.7 Å². The van der Waals surface area contributed by atoms with Crippen molar-refractivity contribution in [2.75, 3.05) is 31.7 Å². The van der Waals surface area contributed by atoms with Gasteiger partial charge in [-0.1, -0.05) is 59.9 Å². The normalized spacial score (nSPS) is 16.8. The van der Waals surface area contributed by atoms with Gasteiger partial charge < -0.3 is 14.4 Å². The molecule has 7 nitrogen and oxygen atoms in total. The molecular weight excluding hydrogens is 546 g/mol. The first-order valence-electron chi connectivity index (χ1n) is 14.3. The number of aromatic nitrogens is 1. The van der Waals surface area contributed by atoms with E-state index in [0.717, 1.165) is 35.3 Å². The Labute approximate surface area is 248 Å². The number of carbonyl (C=O) groups excluding carboxylic acids is 1. The van der Waals surface area contributed by atoms with E-state index in [4.69, 9.17) is 14.5 Å². The lowest BCUT2D eigenvalue weighted by atomic mass is 9.93. The summed E-state index contributed by atoms with van der Waals surface area (Å²) >= 11 is 1.33. The minimum atomic E-state index is -0.720. The number of nitrogens with zero attached hydrogens (tertiary/aromatic N) is 3. The van der Waals surface area contributed by atoms with Crippen molar-refractivity contribution in [3.05, 3.63) is 120 Å². The first-order valence-corrected chi connectivity index (χ1v) is 15.1. The predicted molar refractivity (Wildman–Crippen MR) is 167 cm³/mol. The van der Waals surface area contributed by atoms with Crippen molar-refractivity contribution >= 4 is 34.8 Å². The standard InChI is InChI=1S/C34H33N3O4S/c1-4-41-33(39)29-30(23-10-6-5-7-11-23)35-34-37(31(29)24-13-16-27(40-3)17-14-24)32(38)28(42-34)21-25-12-15-26(20-22(25)2)36-18-8-9-19-36/h5-7,10-17,20-21,31H,4,8-9,18-19H2,1-3H3/b28-21+/t31-/m1/s1. The molecule has 1 fully saturated rings. The van der Waals surface area contributed by atoms with Crippen molar-refractivity contribution < 1.29 is 14.3 Å². The third-order valence-corrected chi connectivity index (χ3v) is 8.80. The van der Waals surface area contributed by atoms with E-state index in [9.17, 15) is 9.59 Å². The fraction of sp³-hybridized carbons (Fsp3) is 0.265. The van der Waals surface area contributed by atoms with Crippen molar-refractivity contribution in [3.63, 3.8) is 0 Å². The van der Waals surface area contributed by atoms with Gasteiger partial charge in [-0.3, -0.25) is 9.36 Å². The first kappa shape index (κ1) is 27.7. The van der Waals surface area contributed by atoms with Crippen LogP contribution >= 0.6 is 11.3 Å². The lowest BCUT2D eigenvalue weighted by Crippen LogP contribution is -2.40. The molecule has 0 N–H and O–H groups in total. The number of methoxy groups -OCH3 is 1. The molecule has 0 radical (unpaired) electrons. The van der Waals surface area contributed by atoms with Crippen LogP contribution in [0.3, 0.4) is 0 Å². The van der Waals surface area contributed by atoms with Gasteiger partial charge in [0, 0.05) is 24.3 Å². The number of esters is 1. The van der Waals surface area contributed by atoms with Crippen molar-refractivity contribution in [1.82, 2.24) is 4.57 Å². The fourth-order valence-electron chi connectivity index (χ4n) is 5.68. The summed E-state index contributed by atoms with van der Waals surface area (Å²) in [7, 11) is 1.61. The lowest BCUT2D eigenvalue weighted by Gasteiger charge is -2.26.